The van der Waals surface area contributed by atoms with Crippen LogP contribution in [0.1, 0.15) is 0 Å². The van der Waals surface area contributed by atoms with Crippen molar-refractivity contribution in [2.75, 3.05) is 0 Å². The number of hydrogen-bond acceptors (Lipinski definition) is 2. The van der Waals surface area contributed by atoms with E-state index in [1.54, 1.807) is 12.4 Å². The molecule has 0 spiro atoms. The van der Waals surface area contributed by atoms with Gasteiger partial charge in [0, 0.05) is 18.5 Å². The minimum Gasteiger partial charge on any atom is -0.508 e. The Bertz CT molecular complexity index is 412. The van der Waals surface area contributed by atoms with Crippen LogP contribution in [-0.2, 0) is 0 Å². The summed E-state index contributed by atoms with van der Waals surface area (Å²) in [5, 5.41) is 8.97. The molecule has 3 nitrogen and oxygen atoms in total. The minimum atomic E-state index is -0.474. The van der Waals surface area contributed by atoms with Gasteiger partial charge in [-0.1, -0.05) is 0 Å². The van der Waals surface area contributed by atoms with E-state index in [4.69, 9.17) is 5.11 Å². The zero-order valence-corrected chi connectivity index (χ0v) is 6.68. The third kappa shape index (κ3) is 1.38. The number of aromatic nitrogens is 2. The number of hydrogen-bond donors (Lipinski definition) is 1. The molecule has 1 N–H and O–H groups in total. The molecule has 4 heteroatoms. The van der Waals surface area contributed by atoms with Crippen molar-refractivity contribution in [2.45, 2.75) is 0 Å². The molecule has 2 aromatic rings. The Labute approximate surface area is 74.1 Å². The van der Waals surface area contributed by atoms with E-state index < -0.39 is 5.82 Å². The first-order valence-corrected chi connectivity index (χ1v) is 3.74. The predicted molar refractivity (Wildman–Crippen MR) is 45.2 cm³/mol. The summed E-state index contributed by atoms with van der Waals surface area (Å²) in [6.07, 6.45) is 4.69. The van der Waals surface area contributed by atoms with E-state index in [1.807, 2.05) is 0 Å². The van der Waals surface area contributed by atoms with Gasteiger partial charge in [0.15, 0.2) is 5.82 Å². The number of rotatable bonds is 1. The lowest BCUT2D eigenvalue weighted by molar-refractivity contribution is 0.468. The second kappa shape index (κ2) is 2.90. The molecule has 1 aromatic heterocycles. The highest BCUT2D eigenvalue weighted by atomic mass is 19.1. The molecular formula is C9H7FN2O. The van der Waals surface area contributed by atoms with E-state index in [1.165, 1.54) is 23.0 Å². The fourth-order valence-electron chi connectivity index (χ4n) is 1.11. The fraction of sp³-hybridized carbons (Fsp3) is 0. The molecular weight excluding hydrogens is 171 g/mol. The van der Waals surface area contributed by atoms with Crippen LogP contribution in [0.5, 0.6) is 5.75 Å². The minimum absolute atomic E-state index is 0.0821. The Morgan fingerprint density at radius 2 is 2.23 bits per heavy atom. The highest BCUT2D eigenvalue weighted by Crippen LogP contribution is 2.17. The van der Waals surface area contributed by atoms with Gasteiger partial charge in [0.05, 0.1) is 12.0 Å². The van der Waals surface area contributed by atoms with Crippen molar-refractivity contribution in [1.82, 2.24) is 9.55 Å². The number of imidazole rings is 1. The molecule has 13 heavy (non-hydrogen) atoms. The molecule has 0 bridgehead atoms. The van der Waals surface area contributed by atoms with Crippen molar-refractivity contribution in [2.24, 2.45) is 0 Å². The van der Waals surface area contributed by atoms with E-state index in [0.29, 0.717) is 5.69 Å². The van der Waals surface area contributed by atoms with E-state index in [0.717, 1.165) is 6.07 Å². The number of phenols is 1. The van der Waals surface area contributed by atoms with Gasteiger partial charge in [0.1, 0.15) is 5.75 Å². The highest BCUT2D eigenvalue weighted by Gasteiger charge is 2.03. The van der Waals surface area contributed by atoms with Gasteiger partial charge in [-0.25, -0.2) is 9.37 Å². The lowest BCUT2D eigenvalue weighted by Gasteiger charge is -2.03. The average Bonchev–Trinajstić information content (AvgIpc) is 2.56. The molecule has 0 radical (unpaired) electrons. The molecule has 0 aliphatic rings. The van der Waals surface area contributed by atoms with Crippen molar-refractivity contribution in [1.29, 1.82) is 0 Å². The van der Waals surface area contributed by atoms with Crippen LogP contribution in [0.4, 0.5) is 4.39 Å². The lowest BCUT2D eigenvalue weighted by Crippen LogP contribution is -1.93. The SMILES string of the molecule is Oc1ccc(-n2ccnc2)c(F)c1. The average molecular weight is 178 g/mol. The molecule has 0 aliphatic carbocycles. The Morgan fingerprint density at radius 1 is 1.38 bits per heavy atom. The number of phenolic OH excluding ortho intramolecular Hbond substituents is 1. The molecule has 0 saturated carbocycles. The molecule has 0 amide bonds. The summed E-state index contributed by atoms with van der Waals surface area (Å²) in [5.74, 6) is -0.556. The first kappa shape index (κ1) is 7.79. The maximum Gasteiger partial charge on any atom is 0.150 e. The molecule has 66 valence electrons. The topological polar surface area (TPSA) is 38.0 Å². The first-order chi connectivity index (χ1) is 6.27. The monoisotopic (exact) mass is 178 g/mol. The van der Waals surface area contributed by atoms with Crippen molar-refractivity contribution < 1.29 is 9.50 Å². The molecule has 0 saturated heterocycles. The molecule has 0 atom stereocenters. The molecule has 2 rings (SSSR count). The van der Waals surface area contributed by atoms with Gasteiger partial charge in [-0.2, -0.15) is 0 Å². The smallest absolute Gasteiger partial charge is 0.150 e. The first-order valence-electron chi connectivity index (χ1n) is 3.74. The largest absolute Gasteiger partial charge is 0.508 e. The van der Waals surface area contributed by atoms with Crippen molar-refractivity contribution in [3.8, 4) is 11.4 Å². The summed E-state index contributed by atoms with van der Waals surface area (Å²) in [7, 11) is 0. The van der Waals surface area contributed by atoms with Crippen molar-refractivity contribution in [3.63, 3.8) is 0 Å². The van der Waals surface area contributed by atoms with E-state index in [9.17, 15) is 4.39 Å². The maximum absolute atomic E-state index is 13.2. The van der Waals surface area contributed by atoms with Gasteiger partial charge in [-0.15, -0.1) is 0 Å². The van der Waals surface area contributed by atoms with Gasteiger partial charge in [0.2, 0.25) is 0 Å². The highest BCUT2D eigenvalue weighted by molar-refractivity contribution is 5.38. The van der Waals surface area contributed by atoms with Crippen LogP contribution in [-0.4, -0.2) is 14.7 Å². The molecule has 0 unspecified atom stereocenters. The molecule has 0 aliphatic heterocycles. The molecule has 1 aromatic carbocycles. The van der Waals surface area contributed by atoms with Crippen LogP contribution < -0.4 is 0 Å². The number of benzene rings is 1. The summed E-state index contributed by atoms with van der Waals surface area (Å²) < 4.78 is 14.7. The third-order valence-corrected chi connectivity index (χ3v) is 1.71. The van der Waals surface area contributed by atoms with Crippen LogP contribution >= 0.6 is 0 Å². The van der Waals surface area contributed by atoms with E-state index in [-0.39, 0.29) is 5.75 Å². The van der Waals surface area contributed by atoms with Gasteiger partial charge in [-0.3, -0.25) is 0 Å². The van der Waals surface area contributed by atoms with Gasteiger partial charge in [-0.05, 0) is 12.1 Å². The Kier molecular flexibility index (Phi) is 1.73. The van der Waals surface area contributed by atoms with E-state index in [2.05, 4.69) is 4.98 Å². The zero-order chi connectivity index (χ0) is 9.26. The van der Waals surface area contributed by atoms with Crippen LogP contribution in [0.3, 0.4) is 0 Å². The second-order valence-electron chi connectivity index (χ2n) is 2.61. The summed E-state index contributed by atoms with van der Waals surface area (Å²) in [6.45, 7) is 0. The maximum atomic E-state index is 13.2. The fourth-order valence-corrected chi connectivity index (χ4v) is 1.11. The molecule has 0 fully saturated rings. The van der Waals surface area contributed by atoms with Crippen molar-refractivity contribution >= 4 is 0 Å². The quantitative estimate of drug-likeness (QED) is 0.721. The van der Waals surface area contributed by atoms with Crippen LogP contribution in [0.2, 0.25) is 0 Å². The van der Waals surface area contributed by atoms with Crippen LogP contribution in [0, 0.1) is 5.82 Å². The Morgan fingerprint density at radius 3 is 2.85 bits per heavy atom. The van der Waals surface area contributed by atoms with E-state index >= 15 is 0 Å². The van der Waals surface area contributed by atoms with Crippen LogP contribution in [0.15, 0.2) is 36.9 Å². The van der Waals surface area contributed by atoms with Gasteiger partial charge >= 0.3 is 0 Å². The van der Waals surface area contributed by atoms with Crippen LogP contribution in [0.25, 0.3) is 5.69 Å². The zero-order valence-electron chi connectivity index (χ0n) is 6.68. The summed E-state index contributed by atoms with van der Waals surface area (Å²) in [6, 6.07) is 3.99. The number of aromatic hydroxyl groups is 1. The van der Waals surface area contributed by atoms with Gasteiger partial charge in [0.25, 0.3) is 0 Å². The predicted octanol–water partition coefficient (Wildman–Crippen LogP) is 1.72. The lowest BCUT2D eigenvalue weighted by atomic mass is 10.3. The van der Waals surface area contributed by atoms with Gasteiger partial charge < -0.3 is 9.67 Å². The Hall–Kier alpha value is -1.84. The standard InChI is InChI=1S/C9H7FN2O/c10-8-5-7(13)1-2-9(8)12-4-3-11-6-12/h1-6,13H. The summed E-state index contributed by atoms with van der Waals surface area (Å²) in [4.78, 5) is 3.80. The third-order valence-electron chi connectivity index (χ3n) is 1.71. The second-order valence-corrected chi connectivity index (χ2v) is 2.61. The Balaban J connectivity index is 2.53. The number of halogens is 1. The summed E-state index contributed by atoms with van der Waals surface area (Å²) in [5.41, 5.74) is 0.371. The summed E-state index contributed by atoms with van der Waals surface area (Å²) >= 11 is 0. The van der Waals surface area contributed by atoms with Crippen molar-refractivity contribution in [3.05, 3.63) is 42.7 Å². The molecule has 1 heterocycles. The normalized spacial score (nSPS) is 10.2. The number of nitrogens with zero attached hydrogens (tertiary/aromatic N) is 2.